The molecule has 0 unspecified atom stereocenters. The van der Waals surface area contributed by atoms with E-state index in [4.69, 9.17) is 0 Å². The molecule has 0 N–H and O–H groups in total. The van der Waals surface area contributed by atoms with Gasteiger partial charge in [-0.2, -0.15) is 4.68 Å². The summed E-state index contributed by atoms with van der Waals surface area (Å²) < 4.78 is 16.3. The van der Waals surface area contributed by atoms with Crippen LogP contribution in [0.3, 0.4) is 0 Å². The molecular formula is C18H14FN5O. The number of nitrogens with zero attached hydrogens (tertiary/aromatic N) is 5. The second kappa shape index (κ2) is 5.94. The Bertz CT molecular complexity index is 1110. The molecule has 2 heterocycles. The Morgan fingerprint density at radius 1 is 1.12 bits per heavy atom. The summed E-state index contributed by atoms with van der Waals surface area (Å²) in [6.45, 7) is 2.41. The van der Waals surface area contributed by atoms with E-state index < -0.39 is 5.82 Å². The maximum atomic E-state index is 13.4. The van der Waals surface area contributed by atoms with Crippen LogP contribution in [0.4, 0.5) is 4.39 Å². The lowest BCUT2D eigenvalue weighted by Crippen LogP contribution is -2.21. The molecule has 0 bridgehead atoms. The van der Waals surface area contributed by atoms with Crippen LogP contribution < -0.4 is 5.56 Å². The van der Waals surface area contributed by atoms with Crippen LogP contribution in [0.5, 0.6) is 0 Å². The fourth-order valence-electron chi connectivity index (χ4n) is 2.63. The van der Waals surface area contributed by atoms with Crippen molar-refractivity contribution < 1.29 is 4.39 Å². The van der Waals surface area contributed by atoms with Gasteiger partial charge in [0.05, 0.1) is 12.2 Å². The van der Waals surface area contributed by atoms with Gasteiger partial charge in [0.25, 0.3) is 5.56 Å². The predicted octanol–water partition coefficient (Wildman–Crippen LogP) is 2.47. The van der Waals surface area contributed by atoms with Crippen molar-refractivity contribution in [3.8, 4) is 5.69 Å². The van der Waals surface area contributed by atoms with Gasteiger partial charge in [-0.1, -0.05) is 41.1 Å². The van der Waals surface area contributed by atoms with Gasteiger partial charge in [0, 0.05) is 0 Å². The number of fused-ring (bicyclic) bond motifs is 1. The van der Waals surface area contributed by atoms with E-state index in [0.717, 1.165) is 11.1 Å². The van der Waals surface area contributed by atoms with Gasteiger partial charge >= 0.3 is 0 Å². The first-order valence-electron chi connectivity index (χ1n) is 7.74. The Morgan fingerprint density at radius 3 is 2.68 bits per heavy atom. The summed E-state index contributed by atoms with van der Waals surface area (Å²) in [6, 6.07) is 13.8. The normalized spacial score (nSPS) is 11.1. The van der Waals surface area contributed by atoms with Crippen LogP contribution in [-0.4, -0.2) is 24.5 Å². The number of hydrogen-bond donors (Lipinski definition) is 0. The summed E-state index contributed by atoms with van der Waals surface area (Å²) >= 11 is 0. The number of aromatic nitrogens is 5. The Morgan fingerprint density at radius 2 is 1.92 bits per heavy atom. The van der Waals surface area contributed by atoms with Gasteiger partial charge in [0.15, 0.2) is 11.2 Å². The zero-order valence-electron chi connectivity index (χ0n) is 13.4. The molecule has 0 spiro atoms. The molecule has 0 aliphatic heterocycles. The third-order valence-electron chi connectivity index (χ3n) is 3.96. The third kappa shape index (κ3) is 2.80. The molecule has 2 aromatic heterocycles. The molecule has 6 nitrogen and oxygen atoms in total. The molecule has 4 rings (SSSR count). The first-order valence-corrected chi connectivity index (χ1v) is 7.74. The Labute approximate surface area is 142 Å². The van der Waals surface area contributed by atoms with E-state index >= 15 is 0 Å². The number of benzene rings is 2. The van der Waals surface area contributed by atoms with Crippen LogP contribution in [0.25, 0.3) is 16.9 Å². The van der Waals surface area contributed by atoms with Crippen LogP contribution in [0, 0.1) is 12.7 Å². The summed E-state index contributed by atoms with van der Waals surface area (Å²) in [7, 11) is 0. The molecular weight excluding hydrogens is 321 g/mol. The van der Waals surface area contributed by atoms with Gasteiger partial charge in [-0.3, -0.25) is 9.36 Å². The second-order valence-electron chi connectivity index (χ2n) is 5.82. The highest BCUT2D eigenvalue weighted by Gasteiger charge is 2.13. The van der Waals surface area contributed by atoms with Gasteiger partial charge in [0.2, 0.25) is 0 Å². The smallest absolute Gasteiger partial charge is 0.283 e. The second-order valence-corrected chi connectivity index (χ2v) is 5.82. The number of rotatable bonds is 3. The van der Waals surface area contributed by atoms with Gasteiger partial charge < -0.3 is 0 Å². The van der Waals surface area contributed by atoms with Crippen LogP contribution >= 0.6 is 0 Å². The van der Waals surface area contributed by atoms with Crippen molar-refractivity contribution in [2.45, 2.75) is 13.5 Å². The summed E-state index contributed by atoms with van der Waals surface area (Å²) in [4.78, 5) is 16.9. The van der Waals surface area contributed by atoms with Gasteiger partial charge in [-0.05, 0) is 30.7 Å². The van der Waals surface area contributed by atoms with Crippen LogP contribution in [0.15, 0.2) is 59.7 Å². The minimum Gasteiger partial charge on any atom is -0.293 e. The maximum Gasteiger partial charge on any atom is 0.283 e. The fraction of sp³-hybridized carbons (Fsp3) is 0.111. The predicted molar refractivity (Wildman–Crippen MR) is 91.2 cm³/mol. The van der Waals surface area contributed by atoms with E-state index in [-0.39, 0.29) is 11.1 Å². The van der Waals surface area contributed by atoms with Crippen molar-refractivity contribution in [1.29, 1.82) is 0 Å². The van der Waals surface area contributed by atoms with E-state index in [1.54, 1.807) is 12.1 Å². The van der Waals surface area contributed by atoms with E-state index in [1.807, 2.05) is 31.2 Å². The van der Waals surface area contributed by atoms with Crippen LogP contribution in [0.2, 0.25) is 0 Å². The summed E-state index contributed by atoms with van der Waals surface area (Å²) in [5.74, 6) is -0.395. The fourth-order valence-corrected chi connectivity index (χ4v) is 2.63. The lowest BCUT2D eigenvalue weighted by atomic mass is 10.1. The quantitative estimate of drug-likeness (QED) is 0.577. The molecule has 0 radical (unpaired) electrons. The first-order chi connectivity index (χ1) is 12.1. The zero-order valence-corrected chi connectivity index (χ0v) is 13.4. The lowest BCUT2D eigenvalue weighted by Gasteiger charge is -2.06. The standard InChI is InChI=1S/C18H14FN5O/c1-12-5-7-13(8-6-12)10-23-11-20-17-16(18(23)25)21-22-24(17)15-4-2-3-14(19)9-15/h2-9,11H,10H2,1H3. The SMILES string of the molecule is Cc1ccc(Cn2cnc3c(nnn3-c3cccc(F)c3)c2=O)cc1. The minimum atomic E-state index is -0.395. The molecule has 0 aliphatic rings. The van der Waals surface area contributed by atoms with E-state index in [2.05, 4.69) is 15.3 Å². The molecule has 0 atom stereocenters. The van der Waals surface area contributed by atoms with Gasteiger partial charge in [-0.25, -0.2) is 9.37 Å². The summed E-state index contributed by atoms with van der Waals surface area (Å²) in [6.07, 6.45) is 1.46. The highest BCUT2D eigenvalue weighted by molar-refractivity contribution is 5.70. The first kappa shape index (κ1) is 15.2. The van der Waals surface area contributed by atoms with Crippen molar-refractivity contribution in [2.75, 3.05) is 0 Å². The van der Waals surface area contributed by atoms with Crippen molar-refractivity contribution in [3.05, 3.63) is 82.2 Å². The molecule has 2 aromatic carbocycles. The number of hydrogen-bond acceptors (Lipinski definition) is 4. The summed E-state index contributed by atoms with van der Waals surface area (Å²) in [5, 5.41) is 7.89. The third-order valence-corrected chi connectivity index (χ3v) is 3.96. The maximum absolute atomic E-state index is 13.4. The van der Waals surface area contributed by atoms with Gasteiger partial charge in [-0.15, -0.1) is 5.10 Å². The number of halogens is 1. The topological polar surface area (TPSA) is 65.6 Å². The minimum absolute atomic E-state index is 0.152. The molecule has 124 valence electrons. The summed E-state index contributed by atoms with van der Waals surface area (Å²) in [5.41, 5.74) is 2.78. The van der Waals surface area contributed by atoms with Crippen LogP contribution in [-0.2, 0) is 6.54 Å². The molecule has 7 heteroatoms. The Balaban J connectivity index is 1.77. The molecule has 0 aliphatic carbocycles. The highest BCUT2D eigenvalue weighted by Crippen LogP contribution is 2.13. The van der Waals surface area contributed by atoms with Crippen molar-refractivity contribution in [3.63, 3.8) is 0 Å². The molecule has 0 saturated heterocycles. The average Bonchev–Trinajstić information content (AvgIpc) is 3.04. The molecule has 0 amide bonds. The van der Waals surface area contributed by atoms with Crippen molar-refractivity contribution in [2.24, 2.45) is 0 Å². The monoisotopic (exact) mass is 335 g/mol. The Hall–Kier alpha value is -3.35. The zero-order chi connectivity index (χ0) is 17.4. The van der Waals surface area contributed by atoms with E-state index in [9.17, 15) is 9.18 Å². The van der Waals surface area contributed by atoms with Crippen molar-refractivity contribution >= 4 is 11.2 Å². The highest BCUT2D eigenvalue weighted by atomic mass is 19.1. The molecule has 4 aromatic rings. The molecule has 0 fully saturated rings. The largest absolute Gasteiger partial charge is 0.293 e. The van der Waals surface area contributed by atoms with Crippen molar-refractivity contribution in [1.82, 2.24) is 24.5 Å². The van der Waals surface area contributed by atoms with Gasteiger partial charge in [0.1, 0.15) is 12.1 Å². The molecule has 0 saturated carbocycles. The van der Waals surface area contributed by atoms with Crippen LogP contribution in [0.1, 0.15) is 11.1 Å². The lowest BCUT2D eigenvalue weighted by molar-refractivity contribution is 0.625. The molecule has 25 heavy (non-hydrogen) atoms. The average molecular weight is 335 g/mol. The van der Waals surface area contributed by atoms with E-state index in [0.29, 0.717) is 17.9 Å². The Kier molecular flexibility index (Phi) is 3.61. The number of aryl methyl sites for hydroxylation is 1. The van der Waals surface area contributed by atoms with E-state index in [1.165, 1.54) is 27.7 Å².